The largest absolute Gasteiger partial charge is 0.369 e. The molecule has 0 N–H and O–H groups in total. The Bertz CT molecular complexity index is 392. The summed E-state index contributed by atoms with van der Waals surface area (Å²) in [6.45, 7) is 0.0192. The lowest BCUT2D eigenvalue weighted by Gasteiger charge is -2.18. The molecule has 3 atom stereocenters. The summed E-state index contributed by atoms with van der Waals surface area (Å²) in [5.74, 6) is -3.12. The standard InChI is InChI=1S/C13H20F2N2O3/c1-16-5-10(3-9(16)6-18)20-7-12(19)11-4-13(14,15)8-17(11)2/h6,9-11H,3-5,7-8H2,1-2H3/t9-,10+,11-/m0/s1. The summed E-state index contributed by atoms with van der Waals surface area (Å²) < 4.78 is 31.9. The number of Topliss-reactive ketones (excluding diaryl/α,β-unsaturated/α-hetero) is 1. The highest BCUT2D eigenvalue weighted by molar-refractivity contribution is 5.85. The third kappa shape index (κ3) is 3.39. The summed E-state index contributed by atoms with van der Waals surface area (Å²) in [5.41, 5.74) is 0. The fourth-order valence-corrected chi connectivity index (χ4v) is 2.89. The molecule has 2 rings (SSSR count). The quantitative estimate of drug-likeness (QED) is 0.676. The van der Waals surface area contributed by atoms with Gasteiger partial charge < -0.3 is 9.53 Å². The van der Waals surface area contributed by atoms with Crippen molar-refractivity contribution in [2.45, 2.75) is 37.0 Å². The van der Waals surface area contributed by atoms with E-state index >= 15 is 0 Å². The second-order valence-electron chi connectivity index (χ2n) is 5.77. The monoisotopic (exact) mass is 290 g/mol. The van der Waals surface area contributed by atoms with E-state index in [1.165, 1.54) is 11.9 Å². The number of ketones is 1. The van der Waals surface area contributed by atoms with E-state index in [1.807, 2.05) is 11.9 Å². The lowest BCUT2D eigenvalue weighted by atomic mass is 10.1. The van der Waals surface area contributed by atoms with Crippen LogP contribution in [0.4, 0.5) is 8.78 Å². The van der Waals surface area contributed by atoms with Crippen LogP contribution in [0.15, 0.2) is 0 Å². The Hall–Kier alpha value is -0.920. The molecule has 0 aromatic rings. The van der Waals surface area contributed by atoms with Crippen molar-refractivity contribution in [1.29, 1.82) is 0 Å². The number of carbonyl (C=O) groups is 2. The number of ether oxygens (including phenoxy) is 1. The molecule has 5 nitrogen and oxygen atoms in total. The van der Waals surface area contributed by atoms with Gasteiger partial charge in [-0.25, -0.2) is 8.78 Å². The molecular formula is C13H20F2N2O3. The zero-order valence-electron chi connectivity index (χ0n) is 11.7. The highest BCUT2D eigenvalue weighted by Gasteiger charge is 2.46. The fourth-order valence-electron chi connectivity index (χ4n) is 2.89. The van der Waals surface area contributed by atoms with Crippen LogP contribution in [-0.2, 0) is 14.3 Å². The summed E-state index contributed by atoms with van der Waals surface area (Å²) in [5, 5.41) is 0. The van der Waals surface area contributed by atoms with Gasteiger partial charge in [0.1, 0.15) is 12.9 Å². The van der Waals surface area contributed by atoms with Crippen molar-refractivity contribution in [2.24, 2.45) is 0 Å². The van der Waals surface area contributed by atoms with Gasteiger partial charge in [0, 0.05) is 13.0 Å². The van der Waals surface area contributed by atoms with Crippen LogP contribution in [0, 0.1) is 0 Å². The average Bonchev–Trinajstić information content (AvgIpc) is 2.85. The maximum Gasteiger partial charge on any atom is 0.262 e. The van der Waals surface area contributed by atoms with E-state index in [4.69, 9.17) is 4.74 Å². The number of halogens is 2. The topological polar surface area (TPSA) is 49.9 Å². The zero-order chi connectivity index (χ0) is 14.9. The lowest BCUT2D eigenvalue weighted by Crippen LogP contribution is -2.36. The molecule has 0 unspecified atom stereocenters. The van der Waals surface area contributed by atoms with Gasteiger partial charge in [0.15, 0.2) is 5.78 Å². The number of hydrogen-bond donors (Lipinski definition) is 0. The smallest absolute Gasteiger partial charge is 0.262 e. The van der Waals surface area contributed by atoms with Crippen LogP contribution >= 0.6 is 0 Å². The number of hydrogen-bond acceptors (Lipinski definition) is 5. The molecule has 2 aliphatic rings. The predicted octanol–water partition coefficient (Wildman–Crippen LogP) is 0.183. The molecular weight excluding hydrogens is 270 g/mol. The minimum atomic E-state index is -2.80. The van der Waals surface area contributed by atoms with Crippen LogP contribution in [-0.4, -0.2) is 79.8 Å². The van der Waals surface area contributed by atoms with Gasteiger partial charge >= 0.3 is 0 Å². The second-order valence-corrected chi connectivity index (χ2v) is 5.77. The number of likely N-dealkylation sites (tertiary alicyclic amines) is 2. The fraction of sp³-hybridized carbons (Fsp3) is 0.846. The molecule has 2 heterocycles. The molecule has 2 aliphatic heterocycles. The summed E-state index contributed by atoms with van der Waals surface area (Å²) in [6, 6.07) is -0.959. The highest BCUT2D eigenvalue weighted by Crippen LogP contribution is 2.31. The summed E-state index contributed by atoms with van der Waals surface area (Å²) >= 11 is 0. The van der Waals surface area contributed by atoms with E-state index in [-0.39, 0.29) is 31.1 Å². The first-order chi connectivity index (χ1) is 9.32. The van der Waals surface area contributed by atoms with E-state index in [2.05, 4.69) is 0 Å². The molecule has 0 spiro atoms. The van der Waals surface area contributed by atoms with Crippen molar-refractivity contribution in [3.05, 3.63) is 0 Å². The Morgan fingerprint density at radius 3 is 2.60 bits per heavy atom. The second kappa shape index (κ2) is 5.83. The summed E-state index contributed by atoms with van der Waals surface area (Å²) in [4.78, 5) is 26.0. The Labute approximate surface area is 116 Å². The highest BCUT2D eigenvalue weighted by atomic mass is 19.3. The van der Waals surface area contributed by atoms with Crippen molar-refractivity contribution >= 4 is 12.1 Å². The van der Waals surface area contributed by atoms with Gasteiger partial charge in [0.05, 0.1) is 24.7 Å². The minimum absolute atomic E-state index is 0.171. The first-order valence-electron chi connectivity index (χ1n) is 6.70. The van der Waals surface area contributed by atoms with Crippen LogP contribution in [0.2, 0.25) is 0 Å². The van der Waals surface area contributed by atoms with Crippen LogP contribution in [0.5, 0.6) is 0 Å². The van der Waals surface area contributed by atoms with Crippen molar-refractivity contribution in [3.8, 4) is 0 Å². The Morgan fingerprint density at radius 1 is 1.40 bits per heavy atom. The number of alkyl halides is 2. The minimum Gasteiger partial charge on any atom is -0.369 e. The van der Waals surface area contributed by atoms with Crippen LogP contribution in [0.1, 0.15) is 12.8 Å². The molecule has 2 fully saturated rings. The first-order valence-corrected chi connectivity index (χ1v) is 6.70. The Balaban J connectivity index is 1.80. The third-order valence-corrected chi connectivity index (χ3v) is 4.06. The number of aldehydes is 1. The van der Waals surface area contributed by atoms with Gasteiger partial charge in [-0.05, 0) is 20.5 Å². The van der Waals surface area contributed by atoms with Crippen molar-refractivity contribution in [1.82, 2.24) is 9.80 Å². The number of nitrogens with zero attached hydrogens (tertiary/aromatic N) is 2. The lowest BCUT2D eigenvalue weighted by molar-refractivity contribution is -0.129. The third-order valence-electron chi connectivity index (χ3n) is 4.06. The zero-order valence-corrected chi connectivity index (χ0v) is 11.7. The molecule has 0 aliphatic carbocycles. The molecule has 2 saturated heterocycles. The number of carbonyl (C=O) groups excluding carboxylic acids is 2. The molecule has 114 valence electrons. The predicted molar refractivity (Wildman–Crippen MR) is 67.8 cm³/mol. The van der Waals surface area contributed by atoms with Crippen molar-refractivity contribution < 1.29 is 23.1 Å². The van der Waals surface area contributed by atoms with Gasteiger partial charge in [-0.1, -0.05) is 0 Å². The van der Waals surface area contributed by atoms with Crippen LogP contribution in [0.25, 0.3) is 0 Å². The maximum atomic E-state index is 13.2. The average molecular weight is 290 g/mol. The molecule has 7 heteroatoms. The van der Waals surface area contributed by atoms with Gasteiger partial charge in [-0.2, -0.15) is 0 Å². The number of rotatable bonds is 5. The molecule has 20 heavy (non-hydrogen) atoms. The summed E-state index contributed by atoms with van der Waals surface area (Å²) in [7, 11) is 3.34. The van der Waals surface area contributed by atoms with Crippen molar-refractivity contribution in [2.75, 3.05) is 33.8 Å². The van der Waals surface area contributed by atoms with E-state index < -0.39 is 18.4 Å². The first kappa shape index (κ1) is 15.5. The van der Waals surface area contributed by atoms with Crippen LogP contribution < -0.4 is 0 Å². The SMILES string of the molecule is CN1C[C@H](OCC(=O)[C@@H]2CC(F)(F)CN2C)C[C@H]1C=O. The van der Waals surface area contributed by atoms with Crippen LogP contribution in [0.3, 0.4) is 0 Å². The van der Waals surface area contributed by atoms with E-state index in [0.717, 1.165) is 6.29 Å². The van der Waals surface area contributed by atoms with E-state index in [9.17, 15) is 18.4 Å². The summed E-state index contributed by atoms with van der Waals surface area (Å²) in [6.07, 6.45) is 0.777. The molecule has 0 amide bonds. The molecule has 0 saturated carbocycles. The van der Waals surface area contributed by atoms with Crippen molar-refractivity contribution in [3.63, 3.8) is 0 Å². The van der Waals surface area contributed by atoms with Gasteiger partial charge in [-0.15, -0.1) is 0 Å². The van der Waals surface area contributed by atoms with E-state index in [0.29, 0.717) is 13.0 Å². The van der Waals surface area contributed by atoms with Gasteiger partial charge in [-0.3, -0.25) is 14.6 Å². The Morgan fingerprint density at radius 2 is 2.10 bits per heavy atom. The van der Waals surface area contributed by atoms with Gasteiger partial charge in [0.25, 0.3) is 5.92 Å². The number of likely N-dealkylation sites (N-methyl/N-ethyl adjacent to an activating group) is 2. The van der Waals surface area contributed by atoms with Gasteiger partial charge in [0.2, 0.25) is 0 Å². The molecule has 0 bridgehead atoms. The molecule has 0 radical (unpaired) electrons. The molecule has 0 aromatic heterocycles. The van der Waals surface area contributed by atoms with E-state index in [1.54, 1.807) is 0 Å². The Kier molecular flexibility index (Phi) is 4.51. The normalized spacial score (nSPS) is 34.5. The molecule has 0 aromatic carbocycles. The maximum absolute atomic E-state index is 13.2.